The van der Waals surface area contributed by atoms with Crippen LogP contribution >= 0.6 is 11.6 Å². The molecule has 0 fully saturated rings. The Balaban J connectivity index is 1.80. The van der Waals surface area contributed by atoms with Gasteiger partial charge in [-0.1, -0.05) is 17.7 Å². The molecular weight excluding hydrogens is 371 g/mol. The van der Waals surface area contributed by atoms with E-state index in [1.54, 1.807) is 12.1 Å². The van der Waals surface area contributed by atoms with Crippen LogP contribution in [0.25, 0.3) is 11.0 Å². The van der Waals surface area contributed by atoms with Gasteiger partial charge in [0, 0.05) is 16.5 Å². The van der Waals surface area contributed by atoms with Gasteiger partial charge in [0.05, 0.1) is 12.1 Å². The number of hydrogen-bond donors (Lipinski definition) is 0. The molecule has 0 saturated carbocycles. The predicted molar refractivity (Wildman–Crippen MR) is 101 cm³/mol. The molecule has 0 aliphatic heterocycles. The monoisotopic (exact) mass is 388 g/mol. The molecule has 0 bridgehead atoms. The second-order valence-corrected chi connectivity index (χ2v) is 6.96. The Bertz CT molecular complexity index is 1070. The minimum Gasteiger partial charge on any atom is -0.493 e. The van der Waals surface area contributed by atoms with E-state index in [4.69, 9.17) is 25.5 Å². The molecule has 6 heteroatoms. The third kappa shape index (κ3) is 3.28. The summed E-state index contributed by atoms with van der Waals surface area (Å²) in [7, 11) is 1.52. The van der Waals surface area contributed by atoms with Crippen LogP contribution in [0.4, 0.5) is 4.39 Å². The normalized spacial score (nSPS) is 13.4. The van der Waals surface area contributed by atoms with Gasteiger partial charge in [0.2, 0.25) is 5.75 Å². The van der Waals surface area contributed by atoms with Crippen molar-refractivity contribution in [3.8, 4) is 11.5 Å². The maximum Gasteiger partial charge on any atom is 0.339 e. The summed E-state index contributed by atoms with van der Waals surface area (Å²) < 4.78 is 30.2. The second-order valence-electron chi connectivity index (χ2n) is 6.55. The number of methoxy groups -OCH3 is 1. The second kappa shape index (κ2) is 7.24. The Hall–Kier alpha value is -2.53. The van der Waals surface area contributed by atoms with Crippen LogP contribution in [-0.4, -0.2) is 7.11 Å². The highest BCUT2D eigenvalue weighted by Gasteiger charge is 2.22. The van der Waals surface area contributed by atoms with E-state index in [9.17, 15) is 9.18 Å². The van der Waals surface area contributed by atoms with Gasteiger partial charge in [-0.15, -0.1) is 0 Å². The predicted octanol–water partition coefficient (Wildman–Crippen LogP) is 5.05. The largest absolute Gasteiger partial charge is 0.493 e. The number of benzene rings is 2. The molecule has 0 unspecified atom stereocenters. The lowest BCUT2D eigenvalue weighted by molar-refractivity contribution is 0.282. The quantitative estimate of drug-likeness (QED) is 0.587. The van der Waals surface area contributed by atoms with Crippen LogP contribution in [-0.2, 0) is 19.4 Å². The van der Waals surface area contributed by atoms with Crippen LogP contribution in [0.15, 0.2) is 39.5 Å². The molecule has 1 heterocycles. The molecule has 0 amide bonds. The molecule has 27 heavy (non-hydrogen) atoms. The van der Waals surface area contributed by atoms with E-state index >= 15 is 0 Å². The number of hydrogen-bond acceptors (Lipinski definition) is 4. The molecular formula is C21H18ClFO4. The summed E-state index contributed by atoms with van der Waals surface area (Å²) in [5, 5.41) is 1.14. The van der Waals surface area contributed by atoms with Crippen molar-refractivity contribution in [2.75, 3.05) is 7.11 Å². The van der Waals surface area contributed by atoms with E-state index in [0.717, 1.165) is 42.2 Å². The van der Waals surface area contributed by atoms with E-state index in [0.29, 0.717) is 22.6 Å². The van der Waals surface area contributed by atoms with Gasteiger partial charge in [-0.25, -0.2) is 9.18 Å². The zero-order valence-corrected chi connectivity index (χ0v) is 15.6. The number of halogens is 2. The first-order valence-electron chi connectivity index (χ1n) is 8.80. The number of fused-ring (bicyclic) bond motifs is 3. The van der Waals surface area contributed by atoms with E-state index in [2.05, 4.69) is 0 Å². The SMILES string of the molecule is COc1ccc2c3c(c(=O)oc2c1OCc1ccc(F)cc1Cl)CCCC3. The van der Waals surface area contributed by atoms with Gasteiger partial charge >= 0.3 is 5.63 Å². The van der Waals surface area contributed by atoms with Gasteiger partial charge in [-0.3, -0.25) is 0 Å². The van der Waals surface area contributed by atoms with Crippen LogP contribution in [0.2, 0.25) is 5.02 Å². The lowest BCUT2D eigenvalue weighted by Crippen LogP contribution is -2.16. The fourth-order valence-corrected chi connectivity index (χ4v) is 3.77. The van der Waals surface area contributed by atoms with E-state index in [1.807, 2.05) is 6.07 Å². The maximum atomic E-state index is 13.2. The van der Waals surface area contributed by atoms with Gasteiger partial charge in [-0.05, 0) is 55.5 Å². The number of aryl methyl sites for hydroxylation is 1. The van der Waals surface area contributed by atoms with Crippen LogP contribution < -0.4 is 15.1 Å². The van der Waals surface area contributed by atoms with Crippen molar-refractivity contribution >= 4 is 22.6 Å². The van der Waals surface area contributed by atoms with Crippen molar-refractivity contribution in [3.63, 3.8) is 0 Å². The van der Waals surface area contributed by atoms with Crippen molar-refractivity contribution in [1.82, 2.24) is 0 Å². The van der Waals surface area contributed by atoms with Crippen molar-refractivity contribution in [1.29, 1.82) is 0 Å². The molecule has 0 radical (unpaired) electrons. The van der Waals surface area contributed by atoms with Crippen molar-refractivity contribution < 1.29 is 18.3 Å². The zero-order valence-electron chi connectivity index (χ0n) is 14.8. The average Bonchev–Trinajstić information content (AvgIpc) is 2.67. The fraction of sp³-hybridized carbons (Fsp3) is 0.286. The molecule has 4 rings (SSSR count). The third-order valence-corrected chi connectivity index (χ3v) is 5.27. The van der Waals surface area contributed by atoms with Crippen molar-refractivity contribution in [2.24, 2.45) is 0 Å². The molecule has 0 spiro atoms. The Morgan fingerprint density at radius 1 is 1.15 bits per heavy atom. The van der Waals surface area contributed by atoms with Crippen molar-refractivity contribution in [3.05, 3.63) is 68.3 Å². The number of rotatable bonds is 4. The first-order chi connectivity index (χ1) is 13.1. The smallest absolute Gasteiger partial charge is 0.339 e. The number of ether oxygens (including phenoxy) is 2. The topological polar surface area (TPSA) is 48.7 Å². The Labute approximate surface area is 160 Å². The zero-order chi connectivity index (χ0) is 19.0. The molecule has 140 valence electrons. The lowest BCUT2D eigenvalue weighted by atomic mass is 9.90. The van der Waals surface area contributed by atoms with Gasteiger partial charge in [0.25, 0.3) is 0 Å². The van der Waals surface area contributed by atoms with Crippen LogP contribution in [0.1, 0.15) is 29.5 Å². The first-order valence-corrected chi connectivity index (χ1v) is 9.18. The summed E-state index contributed by atoms with van der Waals surface area (Å²) in [6, 6.07) is 7.82. The van der Waals surface area contributed by atoms with Crippen LogP contribution in [0, 0.1) is 5.82 Å². The van der Waals surface area contributed by atoms with Crippen LogP contribution in [0.5, 0.6) is 11.5 Å². The maximum absolute atomic E-state index is 13.2. The molecule has 0 atom stereocenters. The Morgan fingerprint density at radius 3 is 2.67 bits per heavy atom. The minimum absolute atomic E-state index is 0.0926. The summed E-state index contributed by atoms with van der Waals surface area (Å²) in [5.41, 5.74) is 2.46. The summed E-state index contributed by atoms with van der Waals surface area (Å²) >= 11 is 6.08. The summed E-state index contributed by atoms with van der Waals surface area (Å²) in [6.07, 6.45) is 3.61. The van der Waals surface area contributed by atoms with E-state index < -0.39 is 5.82 Å². The summed E-state index contributed by atoms with van der Waals surface area (Å²) in [6.45, 7) is 0.0926. The van der Waals surface area contributed by atoms with Gasteiger partial charge in [0.15, 0.2) is 11.3 Å². The molecule has 1 aliphatic carbocycles. The molecule has 0 N–H and O–H groups in total. The highest BCUT2D eigenvalue weighted by molar-refractivity contribution is 6.31. The molecule has 1 aromatic heterocycles. The lowest BCUT2D eigenvalue weighted by Gasteiger charge is -2.18. The van der Waals surface area contributed by atoms with Crippen LogP contribution in [0.3, 0.4) is 0 Å². The highest BCUT2D eigenvalue weighted by Crippen LogP contribution is 2.39. The standard InChI is InChI=1S/C21H18ClFO4/c1-25-18-9-8-15-14-4-2-3-5-16(14)21(24)27-19(15)20(18)26-11-12-6-7-13(23)10-17(12)22/h6-10H,2-5,11H2,1H3. The molecule has 3 aromatic rings. The van der Waals surface area contributed by atoms with Crippen molar-refractivity contribution in [2.45, 2.75) is 32.3 Å². The first kappa shape index (κ1) is 17.9. The van der Waals surface area contributed by atoms with Gasteiger partial charge in [-0.2, -0.15) is 0 Å². The Kier molecular flexibility index (Phi) is 4.79. The fourth-order valence-electron chi connectivity index (χ4n) is 3.55. The van der Waals surface area contributed by atoms with Gasteiger partial charge in [0.1, 0.15) is 12.4 Å². The summed E-state index contributed by atoms with van der Waals surface area (Å²) in [4.78, 5) is 12.5. The molecule has 0 saturated heterocycles. The van der Waals surface area contributed by atoms with E-state index in [1.165, 1.54) is 19.2 Å². The average molecular weight is 389 g/mol. The third-order valence-electron chi connectivity index (χ3n) is 4.92. The summed E-state index contributed by atoms with van der Waals surface area (Å²) in [5.74, 6) is 0.393. The highest BCUT2D eigenvalue weighted by atomic mass is 35.5. The molecule has 2 aromatic carbocycles. The molecule has 4 nitrogen and oxygen atoms in total. The molecule has 1 aliphatic rings. The van der Waals surface area contributed by atoms with Gasteiger partial charge < -0.3 is 13.9 Å². The van der Waals surface area contributed by atoms with E-state index in [-0.39, 0.29) is 17.3 Å². The minimum atomic E-state index is -0.413. The Morgan fingerprint density at radius 2 is 1.93 bits per heavy atom.